The molecule has 7 nitrogen and oxygen atoms in total. The van der Waals surface area contributed by atoms with Gasteiger partial charge in [0.25, 0.3) is 5.91 Å². The number of rotatable bonds is 6. The Morgan fingerprint density at radius 1 is 1.29 bits per heavy atom. The summed E-state index contributed by atoms with van der Waals surface area (Å²) in [4.78, 5) is 25.1. The molecular formula is C16H22N2O5S. The minimum atomic E-state index is -3.68. The predicted octanol–water partition coefficient (Wildman–Crippen LogP) is 1.37. The highest BCUT2D eigenvalue weighted by molar-refractivity contribution is 7.89. The quantitative estimate of drug-likeness (QED) is 0.803. The molecule has 0 saturated heterocycles. The van der Waals surface area contributed by atoms with E-state index in [9.17, 15) is 23.1 Å². The molecule has 1 saturated carbocycles. The standard InChI is InChI=1S/C16H22N2O5S/c1-10-5-8-12(24(22,23)17-11-6-7-11)9-13(10)14(19)18(4)16(2,3)15(20)21/h5,8-9,11,17H,6-7H2,1-4H3,(H,20,21). The van der Waals surface area contributed by atoms with Gasteiger partial charge in [-0.3, -0.25) is 4.79 Å². The van der Waals surface area contributed by atoms with Crippen LogP contribution in [-0.4, -0.2) is 48.9 Å². The molecule has 1 aromatic carbocycles. The largest absolute Gasteiger partial charge is 0.480 e. The third-order valence-corrected chi connectivity index (χ3v) is 5.83. The molecule has 1 aromatic rings. The van der Waals surface area contributed by atoms with Gasteiger partial charge in [-0.05, 0) is 51.3 Å². The maximum absolute atomic E-state index is 12.7. The molecule has 2 N–H and O–H groups in total. The van der Waals surface area contributed by atoms with E-state index in [0.29, 0.717) is 5.56 Å². The van der Waals surface area contributed by atoms with Crippen LogP contribution in [0.1, 0.15) is 42.6 Å². The summed E-state index contributed by atoms with van der Waals surface area (Å²) in [6.45, 7) is 4.51. The van der Waals surface area contributed by atoms with E-state index in [1.54, 1.807) is 13.0 Å². The number of likely N-dealkylation sites (N-methyl/N-ethyl adjacent to an activating group) is 1. The molecule has 0 unspecified atom stereocenters. The molecule has 24 heavy (non-hydrogen) atoms. The highest BCUT2D eigenvalue weighted by atomic mass is 32.2. The van der Waals surface area contributed by atoms with Crippen molar-refractivity contribution in [1.82, 2.24) is 9.62 Å². The zero-order chi connectivity index (χ0) is 18.3. The van der Waals surface area contributed by atoms with Crippen LogP contribution >= 0.6 is 0 Å². The van der Waals surface area contributed by atoms with Gasteiger partial charge in [-0.1, -0.05) is 6.07 Å². The van der Waals surface area contributed by atoms with Gasteiger partial charge in [0, 0.05) is 18.7 Å². The van der Waals surface area contributed by atoms with Crippen molar-refractivity contribution in [3.8, 4) is 0 Å². The van der Waals surface area contributed by atoms with Gasteiger partial charge in [0.2, 0.25) is 10.0 Å². The fourth-order valence-electron chi connectivity index (χ4n) is 2.07. The van der Waals surface area contributed by atoms with E-state index >= 15 is 0 Å². The van der Waals surface area contributed by atoms with Gasteiger partial charge in [-0.25, -0.2) is 17.9 Å². The van der Waals surface area contributed by atoms with Gasteiger partial charge in [0.05, 0.1) is 4.90 Å². The van der Waals surface area contributed by atoms with E-state index in [2.05, 4.69) is 4.72 Å². The fourth-order valence-corrected chi connectivity index (χ4v) is 3.40. The lowest BCUT2D eigenvalue weighted by molar-refractivity contribution is -0.147. The summed E-state index contributed by atoms with van der Waals surface area (Å²) >= 11 is 0. The van der Waals surface area contributed by atoms with Crippen LogP contribution in [0.4, 0.5) is 0 Å². The van der Waals surface area contributed by atoms with Crippen LogP contribution in [0.2, 0.25) is 0 Å². The number of aliphatic carboxylic acids is 1. The van der Waals surface area contributed by atoms with Gasteiger partial charge < -0.3 is 10.0 Å². The molecule has 0 aliphatic heterocycles. The van der Waals surface area contributed by atoms with E-state index in [4.69, 9.17) is 0 Å². The average Bonchev–Trinajstić information content (AvgIpc) is 3.29. The molecule has 0 bridgehead atoms. The number of hydrogen-bond donors (Lipinski definition) is 2. The zero-order valence-electron chi connectivity index (χ0n) is 14.2. The first-order valence-electron chi connectivity index (χ1n) is 7.61. The second-order valence-electron chi connectivity index (χ2n) is 6.60. The molecule has 0 atom stereocenters. The first-order chi connectivity index (χ1) is 11.0. The monoisotopic (exact) mass is 354 g/mol. The summed E-state index contributed by atoms with van der Waals surface area (Å²) < 4.78 is 27.2. The van der Waals surface area contributed by atoms with E-state index in [0.717, 1.165) is 17.7 Å². The Labute approximate surface area is 141 Å². The Morgan fingerprint density at radius 3 is 2.38 bits per heavy atom. The van der Waals surface area contributed by atoms with Gasteiger partial charge in [-0.2, -0.15) is 0 Å². The number of nitrogens with one attached hydrogen (secondary N) is 1. The molecule has 1 aliphatic rings. The summed E-state index contributed by atoms with van der Waals surface area (Å²) in [7, 11) is -2.30. The zero-order valence-corrected chi connectivity index (χ0v) is 15.0. The van der Waals surface area contributed by atoms with Crippen LogP contribution in [-0.2, 0) is 14.8 Å². The summed E-state index contributed by atoms with van der Waals surface area (Å²) in [5.74, 6) is -1.68. The molecule has 8 heteroatoms. The lowest BCUT2D eigenvalue weighted by atomic mass is 10.0. The van der Waals surface area contributed by atoms with Crippen molar-refractivity contribution in [2.24, 2.45) is 0 Å². The van der Waals surface area contributed by atoms with Crippen molar-refractivity contribution < 1.29 is 23.1 Å². The Morgan fingerprint density at radius 2 is 1.88 bits per heavy atom. The number of sulfonamides is 1. The SMILES string of the molecule is Cc1ccc(S(=O)(=O)NC2CC2)cc1C(=O)N(C)C(C)(C)C(=O)O. The molecule has 0 aromatic heterocycles. The average molecular weight is 354 g/mol. The van der Waals surface area contributed by atoms with Crippen molar-refractivity contribution in [1.29, 1.82) is 0 Å². The highest BCUT2D eigenvalue weighted by Gasteiger charge is 2.36. The third-order valence-electron chi connectivity index (χ3n) is 4.32. The fraction of sp³-hybridized carbons (Fsp3) is 0.500. The topological polar surface area (TPSA) is 104 Å². The van der Waals surface area contributed by atoms with Crippen LogP contribution in [0.25, 0.3) is 0 Å². The smallest absolute Gasteiger partial charge is 0.329 e. The number of benzene rings is 1. The highest BCUT2D eigenvalue weighted by Crippen LogP contribution is 2.24. The van der Waals surface area contributed by atoms with Crippen LogP contribution in [0.3, 0.4) is 0 Å². The van der Waals surface area contributed by atoms with Gasteiger partial charge in [0.15, 0.2) is 0 Å². The van der Waals surface area contributed by atoms with Crippen LogP contribution in [0.15, 0.2) is 23.1 Å². The van der Waals surface area contributed by atoms with Crippen LogP contribution < -0.4 is 4.72 Å². The van der Waals surface area contributed by atoms with E-state index < -0.39 is 27.4 Å². The van der Waals surface area contributed by atoms with E-state index in [1.807, 2.05) is 0 Å². The summed E-state index contributed by atoms with van der Waals surface area (Å²) in [5.41, 5.74) is -0.658. The first kappa shape index (κ1) is 18.4. The maximum atomic E-state index is 12.7. The van der Waals surface area contributed by atoms with Crippen molar-refractivity contribution in [2.75, 3.05) is 7.05 Å². The molecule has 0 radical (unpaired) electrons. The molecule has 2 rings (SSSR count). The third kappa shape index (κ3) is 3.59. The predicted molar refractivity (Wildman–Crippen MR) is 88.3 cm³/mol. The molecule has 1 aliphatic carbocycles. The lowest BCUT2D eigenvalue weighted by Gasteiger charge is -2.32. The second kappa shape index (κ2) is 6.18. The number of carbonyl (C=O) groups excluding carboxylic acids is 1. The summed E-state index contributed by atoms with van der Waals surface area (Å²) in [6.07, 6.45) is 1.62. The van der Waals surface area contributed by atoms with Gasteiger partial charge in [-0.15, -0.1) is 0 Å². The number of carbonyl (C=O) groups is 2. The molecule has 0 spiro atoms. The normalized spacial score (nSPS) is 15.2. The lowest BCUT2D eigenvalue weighted by Crippen LogP contribution is -2.50. The Bertz CT molecular complexity index is 782. The van der Waals surface area contributed by atoms with Gasteiger partial charge in [0.1, 0.15) is 5.54 Å². The molecule has 0 heterocycles. The van der Waals surface area contributed by atoms with Crippen LogP contribution in [0.5, 0.6) is 0 Å². The number of carboxylic acid groups (broad SMARTS) is 1. The Balaban J connectivity index is 2.38. The van der Waals surface area contributed by atoms with E-state index in [1.165, 1.54) is 33.0 Å². The van der Waals surface area contributed by atoms with Gasteiger partial charge >= 0.3 is 5.97 Å². The minimum absolute atomic E-state index is 0.00452. The number of aryl methyl sites for hydroxylation is 1. The Hall–Kier alpha value is -1.93. The number of amides is 1. The minimum Gasteiger partial charge on any atom is -0.480 e. The van der Waals surface area contributed by atoms with Crippen LogP contribution in [0, 0.1) is 6.92 Å². The number of nitrogens with zero attached hydrogens (tertiary/aromatic N) is 1. The van der Waals surface area contributed by atoms with Crippen molar-refractivity contribution in [2.45, 2.75) is 50.1 Å². The molecular weight excluding hydrogens is 332 g/mol. The van der Waals surface area contributed by atoms with Crippen molar-refractivity contribution >= 4 is 21.9 Å². The van der Waals surface area contributed by atoms with Crippen molar-refractivity contribution in [3.05, 3.63) is 29.3 Å². The summed E-state index contributed by atoms with van der Waals surface area (Å²) in [5, 5.41) is 9.27. The van der Waals surface area contributed by atoms with E-state index in [-0.39, 0.29) is 16.5 Å². The molecule has 1 fully saturated rings. The Kier molecular flexibility index (Phi) is 4.74. The first-order valence-corrected chi connectivity index (χ1v) is 9.09. The summed E-state index contributed by atoms with van der Waals surface area (Å²) in [6, 6.07) is 4.26. The number of hydrogen-bond acceptors (Lipinski definition) is 4. The second-order valence-corrected chi connectivity index (χ2v) is 8.31. The number of carboxylic acids is 1. The van der Waals surface area contributed by atoms with Crippen molar-refractivity contribution in [3.63, 3.8) is 0 Å². The molecule has 1 amide bonds. The maximum Gasteiger partial charge on any atom is 0.329 e. The molecule has 132 valence electrons.